The van der Waals surface area contributed by atoms with Crippen molar-refractivity contribution in [3.63, 3.8) is 0 Å². The van der Waals surface area contributed by atoms with Crippen LogP contribution in [0.1, 0.15) is 10.4 Å². The Hall–Kier alpha value is -1.49. The minimum absolute atomic E-state index is 0.0464. The molecule has 15 heavy (non-hydrogen) atoms. The summed E-state index contributed by atoms with van der Waals surface area (Å²) in [6.07, 6.45) is 0.712. The van der Waals surface area contributed by atoms with E-state index in [1.54, 1.807) is 24.3 Å². The fraction of sp³-hybridized carbons (Fsp3) is 0.300. The Morgan fingerprint density at radius 3 is 2.40 bits per heavy atom. The van der Waals surface area contributed by atoms with Gasteiger partial charge in [-0.15, -0.1) is 0 Å². The van der Waals surface area contributed by atoms with Gasteiger partial charge in [0, 0.05) is 5.56 Å². The molecule has 0 bridgehead atoms. The van der Waals surface area contributed by atoms with Crippen LogP contribution in [0.5, 0.6) is 5.75 Å². The molecule has 0 N–H and O–H groups in total. The molecule has 0 fully saturated rings. The van der Waals surface area contributed by atoms with E-state index in [2.05, 4.69) is 4.74 Å². The van der Waals surface area contributed by atoms with Gasteiger partial charge in [0.15, 0.2) is 0 Å². The van der Waals surface area contributed by atoms with E-state index in [1.807, 2.05) is 0 Å². The maximum absolute atomic E-state index is 11.5. The highest BCUT2D eigenvalue weighted by molar-refractivity contribution is 5.74. The van der Waals surface area contributed by atoms with Gasteiger partial charge >= 0.3 is 6.61 Å². The molecule has 0 spiro atoms. The van der Waals surface area contributed by atoms with Crippen LogP contribution in [0.25, 0.3) is 0 Å². The molecular formula is C10H10F2O3. The molecule has 0 saturated heterocycles. The third-order valence-electron chi connectivity index (χ3n) is 1.61. The van der Waals surface area contributed by atoms with Gasteiger partial charge in [0.05, 0.1) is 6.61 Å². The number of aldehydes is 1. The standard InChI is InChI=1S/C10H10F2O3/c11-10(12)15-6-5-14-9-3-1-8(7-13)2-4-9/h1-4,7,10H,5-6H2. The smallest absolute Gasteiger partial charge is 0.345 e. The number of benzene rings is 1. The molecule has 0 amide bonds. The molecule has 0 saturated carbocycles. The van der Waals surface area contributed by atoms with Crippen molar-refractivity contribution in [2.45, 2.75) is 6.61 Å². The Morgan fingerprint density at radius 2 is 1.87 bits per heavy atom. The van der Waals surface area contributed by atoms with Crippen molar-refractivity contribution in [1.29, 1.82) is 0 Å². The number of carbonyl (C=O) groups is 1. The van der Waals surface area contributed by atoms with Crippen LogP contribution in [0.4, 0.5) is 8.78 Å². The molecule has 0 aromatic heterocycles. The first kappa shape index (κ1) is 11.6. The van der Waals surface area contributed by atoms with Crippen LogP contribution >= 0.6 is 0 Å². The zero-order chi connectivity index (χ0) is 11.1. The molecule has 0 heterocycles. The summed E-state index contributed by atoms with van der Waals surface area (Å²) in [6.45, 7) is -2.90. The van der Waals surface area contributed by atoms with Gasteiger partial charge in [-0.05, 0) is 24.3 Å². The lowest BCUT2D eigenvalue weighted by Gasteiger charge is -2.06. The highest BCUT2D eigenvalue weighted by atomic mass is 19.3. The molecule has 82 valence electrons. The second-order valence-electron chi connectivity index (χ2n) is 2.67. The topological polar surface area (TPSA) is 35.5 Å². The average Bonchev–Trinajstić information content (AvgIpc) is 2.25. The molecule has 1 aromatic rings. The van der Waals surface area contributed by atoms with Crippen LogP contribution < -0.4 is 4.74 Å². The minimum Gasteiger partial charge on any atom is -0.491 e. The lowest BCUT2D eigenvalue weighted by atomic mass is 10.2. The van der Waals surface area contributed by atoms with Gasteiger partial charge in [-0.2, -0.15) is 8.78 Å². The summed E-state index contributed by atoms with van der Waals surface area (Å²) in [6, 6.07) is 6.34. The SMILES string of the molecule is O=Cc1ccc(OCCOC(F)F)cc1. The first-order chi connectivity index (χ1) is 7.22. The number of hydrogen-bond acceptors (Lipinski definition) is 3. The Balaban J connectivity index is 2.28. The summed E-state index contributed by atoms with van der Waals surface area (Å²) >= 11 is 0. The zero-order valence-corrected chi connectivity index (χ0v) is 7.86. The van der Waals surface area contributed by atoms with Crippen molar-refractivity contribution in [2.24, 2.45) is 0 Å². The van der Waals surface area contributed by atoms with Gasteiger partial charge in [-0.3, -0.25) is 4.79 Å². The lowest BCUT2D eigenvalue weighted by molar-refractivity contribution is -0.133. The summed E-state index contributed by atoms with van der Waals surface area (Å²) in [5.74, 6) is 0.512. The van der Waals surface area contributed by atoms with E-state index >= 15 is 0 Å². The number of carbonyl (C=O) groups excluding carboxylic acids is 1. The van der Waals surface area contributed by atoms with E-state index in [9.17, 15) is 13.6 Å². The molecular weight excluding hydrogens is 206 g/mol. The first-order valence-corrected chi connectivity index (χ1v) is 4.30. The largest absolute Gasteiger partial charge is 0.491 e. The molecule has 0 aliphatic carbocycles. The number of halogens is 2. The fourth-order valence-corrected chi connectivity index (χ4v) is 0.939. The summed E-state index contributed by atoms with van der Waals surface area (Å²) in [5, 5.41) is 0. The third-order valence-corrected chi connectivity index (χ3v) is 1.61. The fourth-order valence-electron chi connectivity index (χ4n) is 0.939. The second kappa shape index (κ2) is 6.08. The predicted molar refractivity (Wildman–Crippen MR) is 49.3 cm³/mol. The maximum atomic E-state index is 11.5. The average molecular weight is 216 g/mol. The van der Waals surface area contributed by atoms with E-state index < -0.39 is 6.61 Å². The molecule has 0 aliphatic heterocycles. The minimum atomic E-state index is -2.77. The Kier molecular flexibility index (Phi) is 4.70. The van der Waals surface area contributed by atoms with E-state index in [-0.39, 0.29) is 13.2 Å². The van der Waals surface area contributed by atoms with E-state index in [0.717, 1.165) is 0 Å². The van der Waals surface area contributed by atoms with Crippen LogP contribution in [-0.4, -0.2) is 26.1 Å². The highest BCUT2D eigenvalue weighted by Gasteiger charge is 2.00. The molecule has 1 aromatic carbocycles. The van der Waals surface area contributed by atoms with Crippen molar-refractivity contribution < 1.29 is 23.0 Å². The van der Waals surface area contributed by atoms with E-state index in [4.69, 9.17) is 4.74 Å². The Labute approximate surface area is 85.6 Å². The normalized spacial score (nSPS) is 10.3. The monoisotopic (exact) mass is 216 g/mol. The Bertz CT molecular complexity index is 298. The summed E-state index contributed by atoms with van der Waals surface area (Å²) in [7, 11) is 0. The van der Waals surface area contributed by atoms with Crippen LogP contribution in [0.15, 0.2) is 24.3 Å². The maximum Gasteiger partial charge on any atom is 0.345 e. The summed E-state index contributed by atoms with van der Waals surface area (Å²) < 4.78 is 32.2. The van der Waals surface area contributed by atoms with Crippen LogP contribution in [0, 0.1) is 0 Å². The number of alkyl halides is 2. The van der Waals surface area contributed by atoms with Gasteiger partial charge in [0.2, 0.25) is 0 Å². The summed E-state index contributed by atoms with van der Waals surface area (Å²) in [4.78, 5) is 10.3. The highest BCUT2D eigenvalue weighted by Crippen LogP contribution is 2.10. The van der Waals surface area contributed by atoms with Gasteiger partial charge in [0.25, 0.3) is 0 Å². The summed E-state index contributed by atoms with van der Waals surface area (Å²) in [5.41, 5.74) is 0.534. The van der Waals surface area contributed by atoms with Gasteiger partial charge in [0.1, 0.15) is 18.6 Å². The van der Waals surface area contributed by atoms with Crippen molar-refractivity contribution in [3.8, 4) is 5.75 Å². The van der Waals surface area contributed by atoms with Crippen molar-refractivity contribution in [1.82, 2.24) is 0 Å². The second-order valence-corrected chi connectivity index (χ2v) is 2.67. The van der Waals surface area contributed by atoms with Gasteiger partial charge in [-0.25, -0.2) is 0 Å². The number of rotatable bonds is 6. The van der Waals surface area contributed by atoms with E-state index in [0.29, 0.717) is 17.6 Å². The van der Waals surface area contributed by atoms with Crippen LogP contribution in [0.2, 0.25) is 0 Å². The lowest BCUT2D eigenvalue weighted by Crippen LogP contribution is -2.09. The van der Waals surface area contributed by atoms with Crippen molar-refractivity contribution >= 4 is 6.29 Å². The van der Waals surface area contributed by atoms with Crippen LogP contribution in [-0.2, 0) is 4.74 Å². The third kappa shape index (κ3) is 4.51. The van der Waals surface area contributed by atoms with Gasteiger partial charge < -0.3 is 9.47 Å². The number of ether oxygens (including phenoxy) is 2. The molecule has 3 nitrogen and oxygen atoms in total. The first-order valence-electron chi connectivity index (χ1n) is 4.30. The molecule has 5 heteroatoms. The predicted octanol–water partition coefficient (Wildman–Crippen LogP) is 2.12. The molecule has 1 rings (SSSR count). The zero-order valence-electron chi connectivity index (χ0n) is 7.86. The molecule has 0 unspecified atom stereocenters. The quantitative estimate of drug-likeness (QED) is 0.539. The molecule has 0 aliphatic rings. The van der Waals surface area contributed by atoms with Crippen molar-refractivity contribution in [3.05, 3.63) is 29.8 Å². The Morgan fingerprint density at radius 1 is 1.20 bits per heavy atom. The van der Waals surface area contributed by atoms with E-state index in [1.165, 1.54) is 0 Å². The molecule has 0 radical (unpaired) electrons. The number of hydrogen-bond donors (Lipinski definition) is 0. The van der Waals surface area contributed by atoms with Gasteiger partial charge in [-0.1, -0.05) is 0 Å². The van der Waals surface area contributed by atoms with Crippen molar-refractivity contribution in [2.75, 3.05) is 13.2 Å². The van der Waals surface area contributed by atoms with Crippen LogP contribution in [0.3, 0.4) is 0 Å². The molecule has 0 atom stereocenters.